The minimum atomic E-state index is -1.68. The van der Waals surface area contributed by atoms with Crippen LogP contribution in [0, 0.1) is 0 Å². The summed E-state index contributed by atoms with van der Waals surface area (Å²) >= 11 is 1.60. The molecule has 0 aliphatic carbocycles. The Morgan fingerprint density at radius 3 is 2.43 bits per heavy atom. The average Bonchev–Trinajstić information content (AvgIpc) is 3.23. The van der Waals surface area contributed by atoms with Crippen LogP contribution in [0.4, 0.5) is 11.4 Å². The molecule has 7 heteroatoms. The largest absolute Gasteiger partial charge is 0.397 e. The number of hydrogen-bond acceptors (Lipinski definition) is 5. The monoisotopic (exact) mass is 395 g/mol. The second-order valence-electron chi connectivity index (χ2n) is 6.46. The first kappa shape index (κ1) is 19.6. The molecule has 3 rings (SSSR count). The first-order valence-electron chi connectivity index (χ1n) is 8.63. The second-order valence-corrected chi connectivity index (χ2v) is 7.41. The molecule has 0 saturated carbocycles. The van der Waals surface area contributed by atoms with E-state index in [-0.39, 0.29) is 5.91 Å². The maximum atomic E-state index is 12.6. The number of nitrogen functional groups attached to an aromatic ring is 1. The van der Waals surface area contributed by atoms with Crippen molar-refractivity contribution < 1.29 is 14.7 Å². The van der Waals surface area contributed by atoms with E-state index in [1.54, 1.807) is 41.7 Å². The van der Waals surface area contributed by atoms with Gasteiger partial charge in [0.1, 0.15) is 0 Å². The molecule has 0 spiro atoms. The van der Waals surface area contributed by atoms with Gasteiger partial charge >= 0.3 is 0 Å². The van der Waals surface area contributed by atoms with Gasteiger partial charge in [-0.25, -0.2) is 0 Å². The second kappa shape index (κ2) is 7.84. The fourth-order valence-electron chi connectivity index (χ4n) is 2.78. The third kappa shape index (κ3) is 3.90. The number of rotatable bonds is 5. The maximum absolute atomic E-state index is 12.6. The molecule has 0 aliphatic heterocycles. The third-order valence-corrected chi connectivity index (χ3v) is 5.40. The summed E-state index contributed by atoms with van der Waals surface area (Å²) < 4.78 is 0. The summed E-state index contributed by atoms with van der Waals surface area (Å²) in [6.07, 6.45) is 0. The summed E-state index contributed by atoms with van der Waals surface area (Å²) in [5, 5.41) is 17.6. The van der Waals surface area contributed by atoms with Gasteiger partial charge in [-0.2, -0.15) is 0 Å². The van der Waals surface area contributed by atoms with Gasteiger partial charge in [0.05, 0.1) is 11.4 Å². The Bertz CT molecular complexity index is 996. The average molecular weight is 395 g/mol. The zero-order chi connectivity index (χ0) is 20.3. The van der Waals surface area contributed by atoms with Gasteiger partial charge in [-0.3, -0.25) is 9.59 Å². The minimum absolute atomic E-state index is 0.332. The van der Waals surface area contributed by atoms with Crippen molar-refractivity contribution in [3.05, 3.63) is 71.1 Å². The van der Waals surface area contributed by atoms with Crippen molar-refractivity contribution in [2.24, 2.45) is 0 Å². The maximum Gasteiger partial charge on any atom is 0.256 e. The highest BCUT2D eigenvalue weighted by atomic mass is 32.1. The molecule has 5 N–H and O–H groups in total. The zero-order valence-electron chi connectivity index (χ0n) is 15.5. The SMILES string of the molecule is CNC(=O)[C@@](C)(O)c1ccc(C(=O)Nc2cc(-c3cccs3)ccc2N)cc1. The predicted octanol–water partition coefficient (Wildman–Crippen LogP) is 3.20. The number of carbonyl (C=O) groups is 2. The van der Waals surface area contributed by atoms with E-state index in [4.69, 9.17) is 5.73 Å². The number of nitrogens with one attached hydrogen (secondary N) is 2. The van der Waals surface area contributed by atoms with Crippen LogP contribution in [0.5, 0.6) is 0 Å². The van der Waals surface area contributed by atoms with E-state index in [9.17, 15) is 14.7 Å². The van der Waals surface area contributed by atoms with Gasteiger partial charge in [0.25, 0.3) is 11.8 Å². The lowest BCUT2D eigenvalue weighted by atomic mass is 9.94. The standard InChI is InChI=1S/C21H21N3O3S/c1-21(27,20(26)23-2)15-8-5-13(6-9-15)19(25)24-17-12-14(7-10-16(17)22)18-4-3-11-28-18/h3-12,27H,22H2,1-2H3,(H,23,26)(H,24,25)/t21-/m0/s1. The van der Waals surface area contributed by atoms with Gasteiger partial charge in [-0.05, 0) is 53.8 Å². The molecule has 144 valence electrons. The zero-order valence-corrected chi connectivity index (χ0v) is 16.3. The van der Waals surface area contributed by atoms with E-state index >= 15 is 0 Å². The Kier molecular flexibility index (Phi) is 5.48. The lowest BCUT2D eigenvalue weighted by Crippen LogP contribution is -2.40. The molecule has 1 heterocycles. The summed E-state index contributed by atoms with van der Waals surface area (Å²) in [6.45, 7) is 1.40. The Morgan fingerprint density at radius 1 is 1.11 bits per heavy atom. The number of thiophene rings is 1. The number of benzene rings is 2. The highest BCUT2D eigenvalue weighted by Gasteiger charge is 2.31. The first-order chi connectivity index (χ1) is 13.3. The van der Waals surface area contributed by atoms with E-state index in [0.29, 0.717) is 22.5 Å². The van der Waals surface area contributed by atoms with Crippen molar-refractivity contribution in [1.29, 1.82) is 0 Å². The molecule has 2 aromatic carbocycles. The molecule has 1 aromatic heterocycles. The molecule has 0 fully saturated rings. The number of aliphatic hydroxyl groups is 1. The van der Waals surface area contributed by atoms with Crippen LogP contribution < -0.4 is 16.4 Å². The van der Waals surface area contributed by atoms with Gasteiger partial charge in [-0.1, -0.05) is 24.3 Å². The topological polar surface area (TPSA) is 104 Å². The number of nitrogens with two attached hydrogens (primary N) is 1. The molecule has 0 bridgehead atoms. The molecule has 0 saturated heterocycles. The Hall–Kier alpha value is -3.16. The van der Waals surface area contributed by atoms with Gasteiger partial charge in [0.15, 0.2) is 5.60 Å². The van der Waals surface area contributed by atoms with Crippen LogP contribution in [0.3, 0.4) is 0 Å². The Balaban J connectivity index is 1.80. The molecule has 0 radical (unpaired) electrons. The highest BCUT2D eigenvalue weighted by Crippen LogP contribution is 2.30. The predicted molar refractivity (Wildman–Crippen MR) is 112 cm³/mol. The first-order valence-corrected chi connectivity index (χ1v) is 9.50. The van der Waals surface area contributed by atoms with Gasteiger partial charge in [0.2, 0.25) is 0 Å². The Labute approximate surface area is 167 Å². The molecule has 0 unspecified atom stereocenters. The van der Waals surface area contributed by atoms with E-state index in [1.165, 1.54) is 14.0 Å². The summed E-state index contributed by atoms with van der Waals surface area (Å²) in [6, 6.07) is 15.7. The fraction of sp³-hybridized carbons (Fsp3) is 0.143. The molecular formula is C21H21N3O3S. The van der Waals surface area contributed by atoms with Crippen LogP contribution in [0.2, 0.25) is 0 Å². The number of carbonyl (C=O) groups excluding carboxylic acids is 2. The smallest absolute Gasteiger partial charge is 0.256 e. The van der Waals surface area contributed by atoms with E-state index in [1.807, 2.05) is 29.6 Å². The van der Waals surface area contributed by atoms with Crippen molar-refractivity contribution in [3.8, 4) is 10.4 Å². The summed E-state index contributed by atoms with van der Waals surface area (Å²) in [4.78, 5) is 25.5. The van der Waals surface area contributed by atoms with E-state index < -0.39 is 11.5 Å². The van der Waals surface area contributed by atoms with Crippen LogP contribution in [0.15, 0.2) is 60.0 Å². The summed E-state index contributed by atoms with van der Waals surface area (Å²) in [5.74, 6) is -0.857. The number of amides is 2. The number of likely N-dealkylation sites (N-methyl/N-ethyl adjacent to an activating group) is 1. The minimum Gasteiger partial charge on any atom is -0.397 e. The summed E-state index contributed by atoms with van der Waals surface area (Å²) in [5.41, 5.74) is 7.07. The van der Waals surface area contributed by atoms with Crippen molar-refractivity contribution >= 4 is 34.5 Å². The molecule has 1 atom stereocenters. The molecule has 28 heavy (non-hydrogen) atoms. The number of hydrogen-bond donors (Lipinski definition) is 4. The van der Waals surface area contributed by atoms with Crippen molar-refractivity contribution in [2.45, 2.75) is 12.5 Å². The van der Waals surface area contributed by atoms with Crippen LogP contribution in [-0.2, 0) is 10.4 Å². The van der Waals surface area contributed by atoms with E-state index in [2.05, 4.69) is 10.6 Å². The molecular weight excluding hydrogens is 374 g/mol. The van der Waals surface area contributed by atoms with E-state index in [0.717, 1.165) is 10.4 Å². The van der Waals surface area contributed by atoms with Crippen LogP contribution >= 0.6 is 11.3 Å². The Morgan fingerprint density at radius 2 is 1.82 bits per heavy atom. The van der Waals surface area contributed by atoms with Crippen molar-refractivity contribution in [1.82, 2.24) is 5.32 Å². The van der Waals surface area contributed by atoms with Crippen molar-refractivity contribution in [2.75, 3.05) is 18.1 Å². The quantitative estimate of drug-likeness (QED) is 0.498. The van der Waals surface area contributed by atoms with Crippen LogP contribution in [-0.4, -0.2) is 24.0 Å². The molecule has 0 aliphatic rings. The summed E-state index contributed by atoms with van der Waals surface area (Å²) in [7, 11) is 1.45. The highest BCUT2D eigenvalue weighted by molar-refractivity contribution is 7.13. The lowest BCUT2D eigenvalue weighted by Gasteiger charge is -2.21. The molecule has 2 amide bonds. The third-order valence-electron chi connectivity index (χ3n) is 4.49. The molecule has 3 aromatic rings. The number of anilines is 2. The van der Waals surface area contributed by atoms with Gasteiger partial charge in [-0.15, -0.1) is 11.3 Å². The normalized spacial score (nSPS) is 12.8. The van der Waals surface area contributed by atoms with Crippen molar-refractivity contribution in [3.63, 3.8) is 0 Å². The van der Waals surface area contributed by atoms with Gasteiger partial charge in [0, 0.05) is 17.5 Å². The van der Waals surface area contributed by atoms with Gasteiger partial charge < -0.3 is 21.5 Å². The molecule has 6 nitrogen and oxygen atoms in total. The van der Waals surface area contributed by atoms with Crippen LogP contribution in [0.25, 0.3) is 10.4 Å². The lowest BCUT2D eigenvalue weighted by molar-refractivity contribution is -0.138. The fourth-order valence-corrected chi connectivity index (χ4v) is 3.50. The van der Waals surface area contributed by atoms with Crippen LogP contribution in [0.1, 0.15) is 22.8 Å².